The molecule has 0 saturated carbocycles. The molecule has 0 aliphatic heterocycles. The molecule has 0 radical (unpaired) electrons. The van der Waals surface area contributed by atoms with Crippen LogP contribution in [0.4, 0.5) is 0 Å². The fourth-order valence-electron chi connectivity index (χ4n) is 8.62. The standard InChI is InChI=1S/C68H116O6/c1-4-7-10-13-16-19-22-24-26-28-29-30-31-32-33-34-35-36-37-38-39-41-42-44-46-49-52-55-58-61-67(70)73-64-65(63-72-66(69)60-57-54-51-48-21-18-15-12-9-6-3)74-68(71)62-59-56-53-50-47-45-43-40-27-25-23-20-17-14-11-8-5-2/h7,10,12,15-17,19-20,24-27,29-30,32-33,65H,4-6,8-9,11,13-14,18,21-23,28,31,34-64H2,1-3H3/b10-7-,15-12-,19-16-,20-17-,26-24-,27-25-,30-29-,33-32-. The summed E-state index contributed by atoms with van der Waals surface area (Å²) in [7, 11) is 0. The van der Waals surface area contributed by atoms with Crippen LogP contribution in [0.2, 0.25) is 0 Å². The van der Waals surface area contributed by atoms with Gasteiger partial charge in [0.15, 0.2) is 6.10 Å². The lowest BCUT2D eigenvalue weighted by Gasteiger charge is -2.18. The Labute approximate surface area is 457 Å². The summed E-state index contributed by atoms with van der Waals surface area (Å²) in [5.74, 6) is -0.896. The summed E-state index contributed by atoms with van der Waals surface area (Å²) in [4.78, 5) is 38.2. The van der Waals surface area contributed by atoms with Crippen molar-refractivity contribution in [2.45, 2.75) is 303 Å². The van der Waals surface area contributed by atoms with Crippen molar-refractivity contribution in [3.05, 3.63) is 97.2 Å². The van der Waals surface area contributed by atoms with E-state index in [2.05, 4.69) is 118 Å². The van der Waals surface area contributed by atoms with Gasteiger partial charge in [0.2, 0.25) is 0 Å². The maximum absolute atomic E-state index is 12.9. The van der Waals surface area contributed by atoms with E-state index in [1.165, 1.54) is 141 Å². The van der Waals surface area contributed by atoms with Crippen molar-refractivity contribution < 1.29 is 28.6 Å². The molecule has 0 N–H and O–H groups in total. The van der Waals surface area contributed by atoms with Gasteiger partial charge in [-0.2, -0.15) is 0 Å². The minimum absolute atomic E-state index is 0.0827. The molecule has 0 bridgehead atoms. The van der Waals surface area contributed by atoms with E-state index in [1.54, 1.807) is 0 Å². The van der Waals surface area contributed by atoms with E-state index in [0.29, 0.717) is 19.3 Å². The molecule has 424 valence electrons. The van der Waals surface area contributed by atoms with Gasteiger partial charge in [0.05, 0.1) is 0 Å². The van der Waals surface area contributed by atoms with Gasteiger partial charge in [0.1, 0.15) is 13.2 Å². The van der Waals surface area contributed by atoms with Gasteiger partial charge in [-0.25, -0.2) is 0 Å². The summed E-state index contributed by atoms with van der Waals surface area (Å²) in [6.45, 7) is 6.44. The lowest BCUT2D eigenvalue weighted by atomic mass is 10.0. The second-order valence-electron chi connectivity index (χ2n) is 20.6. The molecular formula is C68H116O6. The van der Waals surface area contributed by atoms with Gasteiger partial charge in [0, 0.05) is 19.3 Å². The molecule has 0 fully saturated rings. The molecular weight excluding hydrogens is 913 g/mol. The number of allylic oxidation sites excluding steroid dienone is 16. The van der Waals surface area contributed by atoms with Crippen LogP contribution in [0.1, 0.15) is 297 Å². The quantitative estimate of drug-likeness (QED) is 0.0261. The molecule has 74 heavy (non-hydrogen) atoms. The van der Waals surface area contributed by atoms with Crippen molar-refractivity contribution in [1.82, 2.24) is 0 Å². The normalized spacial score (nSPS) is 12.7. The highest BCUT2D eigenvalue weighted by Crippen LogP contribution is 2.16. The van der Waals surface area contributed by atoms with E-state index in [9.17, 15) is 14.4 Å². The average Bonchev–Trinajstić information content (AvgIpc) is 3.40. The zero-order chi connectivity index (χ0) is 53.6. The molecule has 0 spiro atoms. The average molecular weight is 1030 g/mol. The van der Waals surface area contributed by atoms with Crippen molar-refractivity contribution >= 4 is 17.9 Å². The Balaban J connectivity index is 4.20. The number of carbonyl (C=O) groups is 3. The molecule has 0 aromatic heterocycles. The Hall–Kier alpha value is -3.67. The van der Waals surface area contributed by atoms with Gasteiger partial charge in [-0.05, 0) is 116 Å². The van der Waals surface area contributed by atoms with Crippen molar-refractivity contribution in [3.8, 4) is 0 Å². The van der Waals surface area contributed by atoms with E-state index in [1.807, 2.05) is 0 Å². The Kier molecular flexibility index (Phi) is 58.8. The van der Waals surface area contributed by atoms with Crippen LogP contribution in [-0.4, -0.2) is 37.2 Å². The van der Waals surface area contributed by atoms with Gasteiger partial charge >= 0.3 is 17.9 Å². The van der Waals surface area contributed by atoms with Crippen LogP contribution < -0.4 is 0 Å². The topological polar surface area (TPSA) is 78.9 Å². The van der Waals surface area contributed by atoms with Crippen LogP contribution in [0.5, 0.6) is 0 Å². The molecule has 1 atom stereocenters. The maximum Gasteiger partial charge on any atom is 0.306 e. The predicted molar refractivity (Wildman–Crippen MR) is 320 cm³/mol. The van der Waals surface area contributed by atoms with E-state index in [-0.39, 0.29) is 31.1 Å². The number of ether oxygens (including phenoxy) is 3. The zero-order valence-corrected chi connectivity index (χ0v) is 48.6. The van der Waals surface area contributed by atoms with Crippen LogP contribution in [-0.2, 0) is 28.6 Å². The first-order valence-corrected chi connectivity index (χ1v) is 31.2. The third-order valence-electron chi connectivity index (χ3n) is 13.3. The third kappa shape index (κ3) is 59.2. The van der Waals surface area contributed by atoms with Crippen molar-refractivity contribution in [2.75, 3.05) is 13.2 Å². The molecule has 0 aliphatic carbocycles. The SMILES string of the molecule is CC/C=C\C/C=C\C/C=C\C/C=C\C/C=C\CCCCCCCCCCCCCCCC(=O)OCC(COC(=O)CCCCCCC/C=C\CCC)OC(=O)CCCCCCCCC/C=C\C/C=C\CCCCC. The molecule has 1 unspecified atom stereocenters. The second-order valence-corrected chi connectivity index (χ2v) is 20.6. The predicted octanol–water partition coefficient (Wildman–Crippen LogP) is 21.3. The van der Waals surface area contributed by atoms with Crippen LogP contribution in [0, 0.1) is 0 Å². The largest absolute Gasteiger partial charge is 0.462 e. The zero-order valence-electron chi connectivity index (χ0n) is 48.6. The summed E-state index contributed by atoms with van der Waals surface area (Å²) in [5, 5.41) is 0. The minimum Gasteiger partial charge on any atom is -0.462 e. The van der Waals surface area contributed by atoms with Crippen LogP contribution in [0.25, 0.3) is 0 Å². The molecule has 6 heteroatoms. The van der Waals surface area contributed by atoms with Crippen molar-refractivity contribution in [1.29, 1.82) is 0 Å². The van der Waals surface area contributed by atoms with E-state index in [0.717, 1.165) is 116 Å². The third-order valence-corrected chi connectivity index (χ3v) is 13.3. The number of carbonyl (C=O) groups excluding carboxylic acids is 3. The molecule has 0 saturated heterocycles. The van der Waals surface area contributed by atoms with Gasteiger partial charge in [-0.15, -0.1) is 0 Å². The number of hydrogen-bond acceptors (Lipinski definition) is 6. The van der Waals surface area contributed by atoms with Crippen LogP contribution in [0.15, 0.2) is 97.2 Å². The molecule has 0 heterocycles. The molecule has 0 aromatic carbocycles. The summed E-state index contributed by atoms with van der Waals surface area (Å²) in [6.07, 6.45) is 82.8. The molecule has 0 amide bonds. The monoisotopic (exact) mass is 1030 g/mol. The Morgan fingerprint density at radius 1 is 0.284 bits per heavy atom. The maximum atomic E-state index is 12.9. The van der Waals surface area contributed by atoms with Gasteiger partial charge < -0.3 is 14.2 Å². The Morgan fingerprint density at radius 2 is 0.554 bits per heavy atom. The molecule has 0 aliphatic rings. The first-order valence-electron chi connectivity index (χ1n) is 31.2. The minimum atomic E-state index is -0.785. The second kappa shape index (κ2) is 61.9. The highest BCUT2D eigenvalue weighted by atomic mass is 16.6. The van der Waals surface area contributed by atoms with Crippen molar-refractivity contribution in [2.24, 2.45) is 0 Å². The van der Waals surface area contributed by atoms with E-state index >= 15 is 0 Å². The number of rotatable bonds is 56. The first-order chi connectivity index (χ1) is 36.5. The number of esters is 3. The number of unbranched alkanes of at least 4 members (excludes halogenated alkanes) is 29. The number of hydrogen-bond donors (Lipinski definition) is 0. The summed E-state index contributed by atoms with van der Waals surface area (Å²) in [5.41, 5.74) is 0. The molecule has 6 nitrogen and oxygen atoms in total. The highest BCUT2D eigenvalue weighted by Gasteiger charge is 2.19. The lowest BCUT2D eigenvalue weighted by molar-refractivity contribution is -0.167. The van der Waals surface area contributed by atoms with Crippen LogP contribution in [0.3, 0.4) is 0 Å². The fourth-order valence-corrected chi connectivity index (χ4v) is 8.62. The summed E-state index contributed by atoms with van der Waals surface area (Å²) >= 11 is 0. The molecule has 0 rings (SSSR count). The highest BCUT2D eigenvalue weighted by molar-refractivity contribution is 5.71. The van der Waals surface area contributed by atoms with E-state index in [4.69, 9.17) is 14.2 Å². The van der Waals surface area contributed by atoms with Gasteiger partial charge in [-0.3, -0.25) is 14.4 Å². The first kappa shape index (κ1) is 70.3. The molecule has 0 aromatic rings. The summed E-state index contributed by atoms with van der Waals surface area (Å²) < 4.78 is 16.9. The van der Waals surface area contributed by atoms with Gasteiger partial charge in [-0.1, -0.05) is 259 Å². The smallest absolute Gasteiger partial charge is 0.306 e. The van der Waals surface area contributed by atoms with Crippen molar-refractivity contribution in [3.63, 3.8) is 0 Å². The fraction of sp³-hybridized carbons (Fsp3) is 0.721. The lowest BCUT2D eigenvalue weighted by Crippen LogP contribution is -2.30. The Morgan fingerprint density at radius 3 is 0.892 bits per heavy atom. The van der Waals surface area contributed by atoms with Gasteiger partial charge in [0.25, 0.3) is 0 Å². The Bertz CT molecular complexity index is 1460. The van der Waals surface area contributed by atoms with E-state index < -0.39 is 6.10 Å². The summed E-state index contributed by atoms with van der Waals surface area (Å²) in [6, 6.07) is 0. The van der Waals surface area contributed by atoms with Crippen LogP contribution >= 0.6 is 0 Å².